The molecule has 1 unspecified atom stereocenters. The molecule has 1 saturated carbocycles. The second kappa shape index (κ2) is 12.4. The fourth-order valence-corrected chi connectivity index (χ4v) is 7.98. The van der Waals surface area contributed by atoms with Gasteiger partial charge in [-0.3, -0.25) is 24.2 Å². The number of hydrogen-bond donors (Lipinski definition) is 4. The van der Waals surface area contributed by atoms with E-state index in [-0.39, 0.29) is 29.2 Å². The van der Waals surface area contributed by atoms with E-state index in [9.17, 15) is 39.3 Å². The maximum atomic E-state index is 15.4. The summed E-state index contributed by atoms with van der Waals surface area (Å²) in [7, 11) is 0. The quantitative estimate of drug-likeness (QED) is 0.243. The van der Waals surface area contributed by atoms with Crippen molar-refractivity contribution in [3.05, 3.63) is 87.1 Å². The largest absolute Gasteiger partial charge is 0.477 e. The van der Waals surface area contributed by atoms with Gasteiger partial charge in [0, 0.05) is 56.1 Å². The molecular formula is C33H32FN5O8S. The first-order valence-electron chi connectivity index (χ1n) is 15.6. The van der Waals surface area contributed by atoms with Gasteiger partial charge in [-0.2, -0.15) is 0 Å². The summed E-state index contributed by atoms with van der Waals surface area (Å²) in [6.45, 7) is 2.05. The average molecular weight is 678 g/mol. The van der Waals surface area contributed by atoms with Crippen LogP contribution in [-0.4, -0.2) is 103 Å². The molecule has 13 nitrogen and oxygen atoms in total. The van der Waals surface area contributed by atoms with Crippen molar-refractivity contribution < 1.29 is 38.9 Å². The van der Waals surface area contributed by atoms with Crippen LogP contribution in [0.1, 0.15) is 40.9 Å². The maximum absolute atomic E-state index is 15.4. The van der Waals surface area contributed by atoms with Crippen molar-refractivity contribution in [2.24, 2.45) is 0 Å². The molecule has 0 bridgehead atoms. The van der Waals surface area contributed by atoms with Crippen LogP contribution in [-0.2, 0) is 14.4 Å². The van der Waals surface area contributed by atoms with Crippen LogP contribution < -0.4 is 15.6 Å². The Morgan fingerprint density at radius 1 is 1.00 bits per heavy atom. The molecule has 2 saturated heterocycles. The van der Waals surface area contributed by atoms with Crippen LogP contribution in [0.4, 0.5) is 10.1 Å². The number of halogens is 1. The van der Waals surface area contributed by atoms with Crippen LogP contribution in [0.3, 0.4) is 0 Å². The Morgan fingerprint density at radius 2 is 1.71 bits per heavy atom. The zero-order valence-corrected chi connectivity index (χ0v) is 26.4. The van der Waals surface area contributed by atoms with Crippen LogP contribution in [0.2, 0.25) is 0 Å². The van der Waals surface area contributed by atoms with Gasteiger partial charge in [-0.15, -0.1) is 11.8 Å². The number of aromatic carboxylic acids is 1. The van der Waals surface area contributed by atoms with E-state index in [2.05, 4.69) is 5.32 Å². The first-order valence-corrected chi connectivity index (χ1v) is 16.6. The van der Waals surface area contributed by atoms with E-state index < -0.39 is 52.5 Å². The third kappa shape index (κ3) is 5.61. The highest BCUT2D eigenvalue weighted by molar-refractivity contribution is 8.00. The van der Waals surface area contributed by atoms with Gasteiger partial charge < -0.3 is 30.1 Å². The number of aliphatic hydroxyl groups is 1. The molecule has 0 spiro atoms. The fourth-order valence-electron chi connectivity index (χ4n) is 6.65. The molecule has 2 amide bonds. The van der Waals surface area contributed by atoms with Gasteiger partial charge in [0.15, 0.2) is 6.10 Å². The number of nitrogens with zero attached hydrogens (tertiary/aromatic N) is 4. The lowest BCUT2D eigenvalue weighted by molar-refractivity contribution is -0.151. The molecular weight excluding hydrogens is 645 g/mol. The van der Waals surface area contributed by atoms with Gasteiger partial charge in [-0.1, -0.05) is 30.3 Å². The first kappa shape index (κ1) is 31.8. The predicted octanol–water partition coefficient (Wildman–Crippen LogP) is 1.77. The highest BCUT2D eigenvalue weighted by atomic mass is 32.2. The molecule has 3 fully saturated rings. The summed E-state index contributed by atoms with van der Waals surface area (Å²) in [4.78, 5) is 67.8. The van der Waals surface area contributed by atoms with E-state index in [0.29, 0.717) is 54.3 Å². The Kier molecular flexibility index (Phi) is 8.21. The smallest absolute Gasteiger partial charge is 0.352 e. The Balaban J connectivity index is 1.04. The van der Waals surface area contributed by atoms with E-state index in [1.165, 1.54) is 22.9 Å². The molecule has 2 aromatic carbocycles. The molecule has 1 aliphatic carbocycles. The van der Waals surface area contributed by atoms with Crippen LogP contribution >= 0.6 is 11.8 Å². The van der Waals surface area contributed by atoms with E-state index in [1.54, 1.807) is 41.0 Å². The van der Waals surface area contributed by atoms with Gasteiger partial charge in [0.05, 0.1) is 11.2 Å². The zero-order chi connectivity index (χ0) is 33.9. The standard InChI is InChI=1S/C33H32FN5O8S/c34-22-12-20-23(38(19-6-7-19)15-21(28(20)41)32(44)45)13-24(22)37-10-8-36(9-11-37)14-18-16-48-31-25(30(43)39(31)26(18)33(46)47)35-29(42)27(40)17-4-2-1-3-5-17/h1-5,12-13,15,19,25,27,31,40H,6-11,14,16H2,(H,35,42)(H,44,45)(H,46,47)/t25-,27?,31-/m0/s1. The minimum atomic E-state index is -1.47. The molecule has 15 heteroatoms. The van der Waals surface area contributed by atoms with Gasteiger partial charge in [-0.25, -0.2) is 14.0 Å². The number of β-lactam (4-membered cyclic amide) rings is 1. The molecule has 7 rings (SSSR count). The number of carboxylic acid groups (broad SMARTS) is 2. The maximum Gasteiger partial charge on any atom is 0.352 e. The number of carboxylic acids is 2. The van der Waals surface area contributed by atoms with Crippen LogP contribution in [0, 0.1) is 5.82 Å². The molecule has 3 atom stereocenters. The number of aliphatic hydroxyl groups excluding tert-OH is 1. The summed E-state index contributed by atoms with van der Waals surface area (Å²) in [5, 5.41) is 32.0. The molecule has 4 N–H and O–H groups in total. The lowest BCUT2D eigenvalue weighted by Crippen LogP contribution is -2.71. The molecule has 3 aromatic rings. The summed E-state index contributed by atoms with van der Waals surface area (Å²) in [6, 6.07) is 10.1. The van der Waals surface area contributed by atoms with Crippen molar-refractivity contribution in [1.82, 2.24) is 19.7 Å². The number of benzene rings is 2. The van der Waals surface area contributed by atoms with Crippen LogP contribution in [0.25, 0.3) is 10.9 Å². The molecule has 48 heavy (non-hydrogen) atoms. The number of hydrogen-bond acceptors (Lipinski definition) is 9. The van der Waals surface area contributed by atoms with Gasteiger partial charge in [0.1, 0.15) is 28.5 Å². The van der Waals surface area contributed by atoms with E-state index in [4.69, 9.17) is 0 Å². The number of anilines is 1. The van der Waals surface area contributed by atoms with Gasteiger partial charge in [-0.05, 0) is 36.1 Å². The zero-order valence-electron chi connectivity index (χ0n) is 25.5. The summed E-state index contributed by atoms with van der Waals surface area (Å²) in [6.07, 6.45) is 1.55. The van der Waals surface area contributed by atoms with Crippen LogP contribution in [0.15, 0.2) is 64.7 Å². The minimum Gasteiger partial charge on any atom is -0.477 e. The van der Waals surface area contributed by atoms with Crippen molar-refractivity contribution in [3.63, 3.8) is 0 Å². The van der Waals surface area contributed by atoms with Crippen molar-refractivity contribution >= 4 is 52.1 Å². The number of rotatable bonds is 9. The Bertz CT molecular complexity index is 1940. The van der Waals surface area contributed by atoms with Crippen molar-refractivity contribution in [2.45, 2.75) is 36.4 Å². The highest BCUT2D eigenvalue weighted by Gasteiger charge is 2.54. The number of thioether (sulfide) groups is 1. The fraction of sp³-hybridized carbons (Fsp3) is 0.364. The Hall–Kier alpha value is -4.73. The average Bonchev–Trinajstić information content (AvgIpc) is 3.93. The Labute approximate surface area is 277 Å². The minimum absolute atomic E-state index is 0.0256. The summed E-state index contributed by atoms with van der Waals surface area (Å²) in [5.41, 5.74) is 0.494. The lowest BCUT2D eigenvalue weighted by atomic mass is 10.0. The number of piperazine rings is 1. The number of pyridine rings is 1. The third-order valence-electron chi connectivity index (χ3n) is 9.31. The van der Waals surface area contributed by atoms with Gasteiger partial charge in [0.2, 0.25) is 5.43 Å². The number of fused-ring (bicyclic) bond motifs is 2. The molecule has 1 aromatic heterocycles. The second-order valence-electron chi connectivity index (χ2n) is 12.4. The van der Waals surface area contributed by atoms with Crippen molar-refractivity contribution in [3.8, 4) is 0 Å². The highest BCUT2D eigenvalue weighted by Crippen LogP contribution is 2.41. The molecule has 250 valence electrons. The van der Waals surface area contributed by atoms with E-state index in [0.717, 1.165) is 18.9 Å². The lowest BCUT2D eigenvalue weighted by Gasteiger charge is -2.50. The summed E-state index contributed by atoms with van der Waals surface area (Å²) >= 11 is 1.34. The third-order valence-corrected chi connectivity index (χ3v) is 10.6. The van der Waals surface area contributed by atoms with E-state index >= 15 is 4.39 Å². The van der Waals surface area contributed by atoms with Crippen molar-refractivity contribution in [2.75, 3.05) is 43.4 Å². The molecule has 0 radical (unpaired) electrons. The molecule has 4 heterocycles. The predicted molar refractivity (Wildman–Crippen MR) is 173 cm³/mol. The SMILES string of the molecule is O=C(O)C1=C(CN2CCN(c3cc4c(cc3F)c(=O)c(C(=O)O)cn4C3CC3)CC2)CS[C@H]2[C@@H](NC(=O)C(O)c3ccccc3)C(=O)N12. The number of aliphatic carboxylic acids is 1. The second-order valence-corrected chi connectivity index (χ2v) is 13.5. The number of carbonyl (C=O) groups is 4. The molecule has 4 aliphatic rings. The first-order chi connectivity index (χ1) is 23.0. The summed E-state index contributed by atoms with van der Waals surface area (Å²) in [5.74, 6) is -4.21. The number of aromatic nitrogens is 1. The topological polar surface area (TPSA) is 173 Å². The summed E-state index contributed by atoms with van der Waals surface area (Å²) < 4.78 is 17.2. The van der Waals surface area contributed by atoms with Gasteiger partial charge in [0.25, 0.3) is 11.8 Å². The number of carbonyl (C=O) groups excluding carboxylic acids is 2. The monoisotopic (exact) mass is 677 g/mol. The van der Waals surface area contributed by atoms with Crippen molar-refractivity contribution in [1.29, 1.82) is 0 Å². The van der Waals surface area contributed by atoms with Gasteiger partial charge >= 0.3 is 11.9 Å². The van der Waals surface area contributed by atoms with Crippen LogP contribution in [0.5, 0.6) is 0 Å². The molecule has 3 aliphatic heterocycles. The Morgan fingerprint density at radius 3 is 2.35 bits per heavy atom. The van der Waals surface area contributed by atoms with E-state index in [1.807, 2.05) is 9.80 Å². The normalized spacial score (nSPS) is 21.9. The number of amides is 2. The number of nitrogens with one attached hydrogen (secondary N) is 1.